The molecule has 0 saturated heterocycles. The number of hydrogen-bond donors (Lipinski definition) is 2. The SMILES string of the molecule is NS(=O)(=O)c1ccc(CCNC(=O)c2ccc(N3CCOc4ccccc43)s2)cc1. The third kappa shape index (κ3) is 4.48. The molecule has 0 aliphatic carbocycles. The smallest absolute Gasteiger partial charge is 0.261 e. The van der Waals surface area contributed by atoms with Crippen LogP contribution in [0.5, 0.6) is 5.75 Å². The second kappa shape index (κ2) is 8.47. The largest absolute Gasteiger partial charge is 0.490 e. The molecule has 0 unspecified atom stereocenters. The third-order valence-electron chi connectivity index (χ3n) is 4.76. The Labute approximate surface area is 179 Å². The Bertz CT molecular complexity index is 1160. The molecule has 2 aromatic carbocycles. The molecule has 3 N–H and O–H groups in total. The summed E-state index contributed by atoms with van der Waals surface area (Å²) in [7, 11) is -3.70. The van der Waals surface area contributed by atoms with Crippen LogP contribution in [0.3, 0.4) is 0 Å². The van der Waals surface area contributed by atoms with Crippen molar-refractivity contribution >= 4 is 38.0 Å². The van der Waals surface area contributed by atoms with E-state index in [1.165, 1.54) is 23.5 Å². The highest BCUT2D eigenvalue weighted by Gasteiger charge is 2.21. The second-order valence-corrected chi connectivity index (χ2v) is 9.42. The van der Waals surface area contributed by atoms with E-state index in [9.17, 15) is 13.2 Å². The summed E-state index contributed by atoms with van der Waals surface area (Å²) in [5.74, 6) is 0.713. The average Bonchev–Trinajstić information content (AvgIpc) is 3.23. The fourth-order valence-electron chi connectivity index (χ4n) is 3.25. The number of para-hydroxylation sites is 2. The molecule has 0 radical (unpaired) electrons. The van der Waals surface area contributed by atoms with Crippen LogP contribution in [0.25, 0.3) is 0 Å². The van der Waals surface area contributed by atoms with Crippen LogP contribution in [0.15, 0.2) is 65.6 Å². The molecule has 0 saturated carbocycles. The predicted octanol–water partition coefficient (Wildman–Crippen LogP) is 2.90. The van der Waals surface area contributed by atoms with Gasteiger partial charge < -0.3 is 15.0 Å². The van der Waals surface area contributed by atoms with Crippen molar-refractivity contribution in [3.8, 4) is 5.75 Å². The van der Waals surface area contributed by atoms with E-state index < -0.39 is 10.0 Å². The van der Waals surface area contributed by atoms with Crippen LogP contribution in [0, 0.1) is 0 Å². The molecule has 0 fully saturated rings. The Kier molecular flexibility index (Phi) is 5.76. The van der Waals surface area contributed by atoms with Crippen molar-refractivity contribution in [3.63, 3.8) is 0 Å². The lowest BCUT2D eigenvalue weighted by atomic mass is 10.1. The Morgan fingerprint density at radius 1 is 1.10 bits per heavy atom. The first kappa shape index (κ1) is 20.4. The molecular formula is C21H21N3O4S2. The molecule has 2 heterocycles. The summed E-state index contributed by atoms with van der Waals surface area (Å²) in [6.45, 7) is 1.77. The maximum absolute atomic E-state index is 12.5. The van der Waals surface area contributed by atoms with Crippen molar-refractivity contribution in [2.75, 3.05) is 24.6 Å². The van der Waals surface area contributed by atoms with Crippen LogP contribution < -0.4 is 20.1 Å². The Morgan fingerprint density at radius 2 is 1.87 bits per heavy atom. The van der Waals surface area contributed by atoms with E-state index in [1.807, 2.05) is 36.4 Å². The van der Waals surface area contributed by atoms with Crippen molar-refractivity contribution in [2.45, 2.75) is 11.3 Å². The molecule has 9 heteroatoms. The van der Waals surface area contributed by atoms with Crippen molar-refractivity contribution in [1.29, 1.82) is 0 Å². The van der Waals surface area contributed by atoms with Crippen LogP contribution in [0.1, 0.15) is 15.2 Å². The molecule has 1 amide bonds. The topological polar surface area (TPSA) is 102 Å². The van der Waals surface area contributed by atoms with E-state index in [4.69, 9.17) is 9.88 Å². The van der Waals surface area contributed by atoms with E-state index in [2.05, 4.69) is 10.2 Å². The van der Waals surface area contributed by atoms with Gasteiger partial charge in [0.25, 0.3) is 5.91 Å². The monoisotopic (exact) mass is 443 g/mol. The van der Waals surface area contributed by atoms with Crippen molar-refractivity contribution in [1.82, 2.24) is 5.32 Å². The van der Waals surface area contributed by atoms with Gasteiger partial charge in [-0.2, -0.15) is 0 Å². The van der Waals surface area contributed by atoms with E-state index in [0.717, 1.165) is 28.5 Å². The Balaban J connectivity index is 1.36. The van der Waals surface area contributed by atoms with Crippen molar-refractivity contribution in [3.05, 3.63) is 71.1 Å². The van der Waals surface area contributed by atoms with Crippen molar-refractivity contribution in [2.24, 2.45) is 5.14 Å². The van der Waals surface area contributed by atoms with Crippen LogP contribution in [-0.2, 0) is 16.4 Å². The zero-order chi connectivity index (χ0) is 21.1. The van der Waals surface area contributed by atoms with Gasteiger partial charge >= 0.3 is 0 Å². The van der Waals surface area contributed by atoms with Crippen LogP contribution >= 0.6 is 11.3 Å². The first-order valence-electron chi connectivity index (χ1n) is 9.41. The quantitative estimate of drug-likeness (QED) is 0.610. The minimum absolute atomic E-state index is 0.0751. The van der Waals surface area contributed by atoms with E-state index in [1.54, 1.807) is 12.1 Å². The number of nitrogens with zero attached hydrogens (tertiary/aromatic N) is 1. The summed E-state index contributed by atoms with van der Waals surface area (Å²) in [6, 6.07) is 18.0. The summed E-state index contributed by atoms with van der Waals surface area (Å²) in [5.41, 5.74) is 1.92. The summed E-state index contributed by atoms with van der Waals surface area (Å²) < 4.78 is 28.3. The lowest BCUT2D eigenvalue weighted by molar-refractivity contribution is 0.0958. The van der Waals surface area contributed by atoms with Crippen LogP contribution in [0.2, 0.25) is 0 Å². The minimum atomic E-state index is -3.70. The van der Waals surface area contributed by atoms with Crippen molar-refractivity contribution < 1.29 is 17.9 Å². The summed E-state index contributed by atoms with van der Waals surface area (Å²) in [5, 5.41) is 9.01. The zero-order valence-corrected chi connectivity index (χ0v) is 17.7. The molecule has 0 bridgehead atoms. The van der Waals surface area contributed by atoms with Gasteiger partial charge in [-0.15, -0.1) is 11.3 Å². The zero-order valence-electron chi connectivity index (χ0n) is 16.1. The molecule has 0 atom stereocenters. The number of nitrogens with one attached hydrogen (secondary N) is 1. The maximum Gasteiger partial charge on any atom is 0.261 e. The summed E-state index contributed by atoms with van der Waals surface area (Å²) >= 11 is 1.44. The lowest BCUT2D eigenvalue weighted by Crippen LogP contribution is -2.27. The fraction of sp³-hybridized carbons (Fsp3) is 0.190. The summed E-state index contributed by atoms with van der Waals surface area (Å²) in [6.07, 6.45) is 0.589. The number of amides is 1. The first-order valence-corrected chi connectivity index (χ1v) is 11.8. The molecule has 156 valence electrons. The molecule has 4 rings (SSSR count). The van der Waals surface area contributed by atoms with E-state index in [-0.39, 0.29) is 10.8 Å². The number of carbonyl (C=O) groups is 1. The molecule has 1 aliphatic rings. The predicted molar refractivity (Wildman–Crippen MR) is 117 cm³/mol. The van der Waals surface area contributed by atoms with Gasteiger partial charge in [0.05, 0.1) is 27.0 Å². The van der Waals surface area contributed by atoms with Crippen LogP contribution in [0.4, 0.5) is 10.7 Å². The van der Waals surface area contributed by atoms with Crippen LogP contribution in [-0.4, -0.2) is 34.0 Å². The number of nitrogens with two attached hydrogens (primary N) is 1. The number of carbonyl (C=O) groups excluding carboxylic acids is 1. The molecule has 3 aromatic rings. The minimum Gasteiger partial charge on any atom is -0.490 e. The highest BCUT2D eigenvalue weighted by atomic mass is 32.2. The number of rotatable bonds is 6. The number of sulfonamides is 1. The fourth-order valence-corrected chi connectivity index (χ4v) is 4.72. The molecule has 1 aromatic heterocycles. The van der Waals surface area contributed by atoms with Gasteiger partial charge in [0, 0.05) is 6.54 Å². The van der Waals surface area contributed by atoms with E-state index in [0.29, 0.717) is 24.4 Å². The summed E-state index contributed by atoms with van der Waals surface area (Å²) in [4.78, 5) is 15.4. The number of fused-ring (bicyclic) bond motifs is 1. The number of primary sulfonamides is 1. The normalized spacial score (nSPS) is 13.4. The highest BCUT2D eigenvalue weighted by molar-refractivity contribution is 7.89. The number of thiophene rings is 1. The maximum atomic E-state index is 12.5. The molecule has 30 heavy (non-hydrogen) atoms. The molecule has 0 spiro atoms. The number of hydrogen-bond acceptors (Lipinski definition) is 6. The van der Waals surface area contributed by atoms with Gasteiger partial charge in [0.15, 0.2) is 0 Å². The standard InChI is InChI=1S/C21H21N3O4S2/c22-30(26,27)16-7-5-15(6-8-16)11-12-23-21(25)19-9-10-20(29-19)24-13-14-28-18-4-2-1-3-17(18)24/h1-10H,11-14H2,(H,23,25)(H2,22,26,27). The lowest BCUT2D eigenvalue weighted by Gasteiger charge is -2.29. The number of benzene rings is 2. The van der Waals surface area contributed by atoms with Gasteiger partial charge in [-0.05, 0) is 48.4 Å². The Hall–Kier alpha value is -2.88. The third-order valence-corrected chi connectivity index (χ3v) is 6.80. The highest BCUT2D eigenvalue weighted by Crippen LogP contribution is 2.39. The second-order valence-electron chi connectivity index (χ2n) is 6.80. The number of ether oxygens (including phenoxy) is 1. The average molecular weight is 444 g/mol. The van der Waals surface area contributed by atoms with Gasteiger partial charge in [0.2, 0.25) is 10.0 Å². The number of anilines is 2. The molecule has 7 nitrogen and oxygen atoms in total. The van der Waals surface area contributed by atoms with Gasteiger partial charge in [-0.25, -0.2) is 13.6 Å². The van der Waals surface area contributed by atoms with Gasteiger partial charge in [-0.3, -0.25) is 4.79 Å². The van der Waals surface area contributed by atoms with E-state index >= 15 is 0 Å². The molecule has 1 aliphatic heterocycles. The van der Waals surface area contributed by atoms with Gasteiger partial charge in [0.1, 0.15) is 12.4 Å². The first-order chi connectivity index (χ1) is 14.4. The van der Waals surface area contributed by atoms with Gasteiger partial charge in [-0.1, -0.05) is 24.3 Å². The Morgan fingerprint density at radius 3 is 2.63 bits per heavy atom. The molecular weight excluding hydrogens is 422 g/mol.